The number of nitrogens with one attached hydrogen (secondary N) is 1. The third-order valence-electron chi connectivity index (χ3n) is 5.93. The minimum absolute atomic E-state index is 0.0972. The SMILES string of the molecule is N#Cc1cnn2cc(N3CCOCC3)cc(O[C@H]3CC[C@@H](Nc4ncccn4)CC3)c12. The Morgan fingerprint density at radius 3 is 2.65 bits per heavy atom. The molecule has 3 aromatic heterocycles. The summed E-state index contributed by atoms with van der Waals surface area (Å²) >= 11 is 0. The molecule has 0 aromatic carbocycles. The molecule has 0 amide bonds. The highest BCUT2D eigenvalue weighted by atomic mass is 16.5. The number of nitriles is 1. The fourth-order valence-corrected chi connectivity index (χ4v) is 4.30. The number of hydrogen-bond donors (Lipinski definition) is 1. The summed E-state index contributed by atoms with van der Waals surface area (Å²) in [5.41, 5.74) is 2.30. The zero-order valence-electron chi connectivity index (χ0n) is 17.3. The van der Waals surface area contributed by atoms with Gasteiger partial charge >= 0.3 is 0 Å². The van der Waals surface area contributed by atoms with Crippen molar-refractivity contribution in [3.05, 3.63) is 42.5 Å². The zero-order valence-corrected chi connectivity index (χ0v) is 17.3. The van der Waals surface area contributed by atoms with Gasteiger partial charge in [0.25, 0.3) is 0 Å². The maximum atomic E-state index is 9.54. The Morgan fingerprint density at radius 2 is 1.90 bits per heavy atom. The normalized spacial score (nSPS) is 21.6. The predicted octanol–water partition coefficient (Wildman–Crippen LogP) is 2.63. The molecule has 1 aliphatic carbocycles. The standard InChI is InChI=1S/C22H25N7O2/c23-13-16-14-26-29-15-18(28-8-10-30-11-9-28)12-20(21(16)29)31-19-4-2-17(3-5-19)27-22-24-6-1-7-25-22/h1,6-7,12,14-15,17,19H,2-5,8-11H2,(H,24,25,27)/t17-,19+. The Morgan fingerprint density at radius 1 is 1.13 bits per heavy atom. The summed E-state index contributed by atoms with van der Waals surface area (Å²) in [6.07, 6.45) is 11.0. The van der Waals surface area contributed by atoms with Crippen molar-refractivity contribution in [1.82, 2.24) is 19.6 Å². The molecule has 160 valence electrons. The molecule has 0 atom stereocenters. The van der Waals surface area contributed by atoms with E-state index in [0.717, 1.165) is 55.7 Å². The quantitative estimate of drug-likeness (QED) is 0.674. The lowest BCUT2D eigenvalue weighted by molar-refractivity contribution is 0.122. The molecule has 1 aliphatic heterocycles. The average molecular weight is 419 g/mol. The van der Waals surface area contributed by atoms with Crippen LogP contribution in [0.25, 0.3) is 5.52 Å². The van der Waals surface area contributed by atoms with Gasteiger partial charge in [0.1, 0.15) is 22.9 Å². The van der Waals surface area contributed by atoms with Gasteiger partial charge in [-0.1, -0.05) is 0 Å². The van der Waals surface area contributed by atoms with Crippen molar-refractivity contribution in [3.8, 4) is 11.8 Å². The van der Waals surface area contributed by atoms with Gasteiger partial charge in [-0.3, -0.25) is 0 Å². The monoisotopic (exact) mass is 419 g/mol. The van der Waals surface area contributed by atoms with Crippen molar-refractivity contribution in [2.24, 2.45) is 0 Å². The summed E-state index contributed by atoms with van der Waals surface area (Å²) in [4.78, 5) is 10.8. The van der Waals surface area contributed by atoms with Gasteiger partial charge in [0.15, 0.2) is 0 Å². The summed E-state index contributed by atoms with van der Waals surface area (Å²) in [6, 6.07) is 6.44. The van der Waals surface area contributed by atoms with Crippen LogP contribution in [-0.2, 0) is 4.74 Å². The molecule has 0 spiro atoms. The van der Waals surface area contributed by atoms with Crippen molar-refractivity contribution >= 4 is 17.2 Å². The molecule has 0 radical (unpaired) electrons. The topological polar surface area (TPSA) is 101 Å². The molecular weight excluding hydrogens is 394 g/mol. The first-order chi connectivity index (χ1) is 15.3. The zero-order chi connectivity index (χ0) is 21.0. The Kier molecular flexibility index (Phi) is 5.54. The Hall–Kier alpha value is -3.38. The first kappa shape index (κ1) is 19.6. The maximum Gasteiger partial charge on any atom is 0.222 e. The smallest absolute Gasteiger partial charge is 0.222 e. The van der Waals surface area contributed by atoms with E-state index in [4.69, 9.17) is 9.47 Å². The van der Waals surface area contributed by atoms with Crippen molar-refractivity contribution < 1.29 is 9.47 Å². The Labute approximate surface area is 180 Å². The molecular formula is C22H25N7O2. The lowest BCUT2D eigenvalue weighted by Crippen LogP contribution is -2.36. The first-order valence-electron chi connectivity index (χ1n) is 10.7. The minimum Gasteiger partial charge on any atom is -0.488 e. The van der Waals surface area contributed by atoms with Crippen LogP contribution in [0.1, 0.15) is 31.2 Å². The van der Waals surface area contributed by atoms with E-state index >= 15 is 0 Å². The van der Waals surface area contributed by atoms with E-state index in [-0.39, 0.29) is 6.10 Å². The minimum atomic E-state index is 0.0972. The lowest BCUT2D eigenvalue weighted by atomic mass is 9.93. The van der Waals surface area contributed by atoms with Crippen LogP contribution in [0.4, 0.5) is 11.6 Å². The summed E-state index contributed by atoms with van der Waals surface area (Å²) in [7, 11) is 0. The number of fused-ring (bicyclic) bond motifs is 1. The van der Waals surface area contributed by atoms with Crippen LogP contribution >= 0.6 is 0 Å². The van der Waals surface area contributed by atoms with E-state index in [1.54, 1.807) is 23.1 Å². The highest BCUT2D eigenvalue weighted by molar-refractivity contribution is 5.72. The lowest BCUT2D eigenvalue weighted by Gasteiger charge is -2.31. The number of aromatic nitrogens is 4. The van der Waals surface area contributed by atoms with Crippen LogP contribution in [0.2, 0.25) is 0 Å². The third-order valence-corrected chi connectivity index (χ3v) is 5.93. The molecule has 2 fully saturated rings. The summed E-state index contributed by atoms with van der Waals surface area (Å²) in [6.45, 7) is 3.07. The van der Waals surface area contributed by atoms with Crippen LogP contribution in [-0.4, -0.2) is 58.0 Å². The summed E-state index contributed by atoms with van der Waals surface area (Å²) in [5.74, 6) is 1.39. The molecule has 9 nitrogen and oxygen atoms in total. The molecule has 0 unspecified atom stereocenters. The molecule has 0 bridgehead atoms. The van der Waals surface area contributed by atoms with Crippen LogP contribution in [0.15, 0.2) is 36.9 Å². The van der Waals surface area contributed by atoms with Gasteiger partial charge < -0.3 is 19.7 Å². The van der Waals surface area contributed by atoms with E-state index in [1.165, 1.54) is 0 Å². The van der Waals surface area contributed by atoms with E-state index in [2.05, 4.69) is 31.4 Å². The molecule has 3 aromatic rings. The van der Waals surface area contributed by atoms with E-state index < -0.39 is 0 Å². The van der Waals surface area contributed by atoms with Crippen molar-refractivity contribution in [1.29, 1.82) is 5.26 Å². The number of hydrogen-bond acceptors (Lipinski definition) is 8. The molecule has 2 aliphatic rings. The van der Waals surface area contributed by atoms with Gasteiger partial charge in [-0.2, -0.15) is 10.4 Å². The largest absolute Gasteiger partial charge is 0.488 e. The van der Waals surface area contributed by atoms with Gasteiger partial charge in [-0.25, -0.2) is 14.5 Å². The highest BCUT2D eigenvalue weighted by Gasteiger charge is 2.25. The molecule has 31 heavy (non-hydrogen) atoms. The van der Waals surface area contributed by atoms with Crippen LogP contribution in [0.5, 0.6) is 5.75 Å². The number of pyridine rings is 1. The van der Waals surface area contributed by atoms with Crippen LogP contribution in [0.3, 0.4) is 0 Å². The van der Waals surface area contributed by atoms with Crippen molar-refractivity contribution in [2.75, 3.05) is 36.5 Å². The van der Waals surface area contributed by atoms with Gasteiger partial charge in [0, 0.05) is 37.6 Å². The highest BCUT2D eigenvalue weighted by Crippen LogP contribution is 2.33. The third kappa shape index (κ3) is 4.25. The van der Waals surface area contributed by atoms with Crippen LogP contribution in [0, 0.1) is 11.3 Å². The maximum absolute atomic E-state index is 9.54. The molecule has 4 heterocycles. The number of rotatable bonds is 5. The number of nitrogens with zero attached hydrogens (tertiary/aromatic N) is 6. The van der Waals surface area contributed by atoms with Gasteiger partial charge in [-0.05, 0) is 31.7 Å². The summed E-state index contributed by atoms with van der Waals surface area (Å²) < 4.78 is 13.7. The number of ether oxygens (including phenoxy) is 2. The molecule has 9 heteroatoms. The fourth-order valence-electron chi connectivity index (χ4n) is 4.30. The van der Waals surface area contributed by atoms with Crippen molar-refractivity contribution in [2.45, 2.75) is 37.8 Å². The fraction of sp³-hybridized carbons (Fsp3) is 0.455. The van der Waals surface area contributed by atoms with Gasteiger partial charge in [0.05, 0.1) is 37.4 Å². The molecule has 5 rings (SSSR count). The second kappa shape index (κ2) is 8.78. The Balaban J connectivity index is 1.32. The predicted molar refractivity (Wildman–Crippen MR) is 115 cm³/mol. The van der Waals surface area contributed by atoms with E-state index in [0.29, 0.717) is 30.8 Å². The summed E-state index contributed by atoms with van der Waals surface area (Å²) in [5, 5.41) is 17.3. The second-order valence-corrected chi connectivity index (χ2v) is 7.93. The Bertz CT molecular complexity index is 1060. The van der Waals surface area contributed by atoms with Gasteiger partial charge in [0.2, 0.25) is 5.95 Å². The van der Waals surface area contributed by atoms with Crippen LogP contribution < -0.4 is 15.0 Å². The average Bonchev–Trinajstić information content (AvgIpc) is 3.25. The second-order valence-electron chi connectivity index (χ2n) is 7.93. The molecule has 1 N–H and O–H groups in total. The number of morpholine rings is 1. The van der Waals surface area contributed by atoms with E-state index in [1.807, 2.05) is 18.3 Å². The molecule has 1 saturated carbocycles. The van der Waals surface area contributed by atoms with E-state index in [9.17, 15) is 5.26 Å². The first-order valence-corrected chi connectivity index (χ1v) is 10.7. The molecule has 1 saturated heterocycles. The van der Waals surface area contributed by atoms with Crippen molar-refractivity contribution in [3.63, 3.8) is 0 Å². The van der Waals surface area contributed by atoms with Gasteiger partial charge in [-0.15, -0.1) is 0 Å². The number of anilines is 2.